The number of carboxylic acids is 1. The molecule has 0 saturated carbocycles. The lowest BCUT2D eigenvalue weighted by Crippen LogP contribution is -2.06. The largest absolute Gasteiger partial charge is 0.493 e. The van der Waals surface area contributed by atoms with Crippen LogP contribution in [0.3, 0.4) is 0 Å². The number of hydrogen-bond acceptors (Lipinski definition) is 2. The summed E-state index contributed by atoms with van der Waals surface area (Å²) in [5.41, 5.74) is -1.60. The summed E-state index contributed by atoms with van der Waals surface area (Å²) >= 11 is 0. The van der Waals surface area contributed by atoms with Crippen molar-refractivity contribution in [2.75, 3.05) is 7.11 Å². The molecule has 0 aliphatic heterocycles. The normalized spacial score (nSPS) is 10.5. The third-order valence-electron chi connectivity index (χ3n) is 1.80. The van der Waals surface area contributed by atoms with Crippen LogP contribution in [0.4, 0.5) is 13.2 Å². The number of rotatable bonds is 3. The van der Waals surface area contributed by atoms with Gasteiger partial charge >= 0.3 is 5.97 Å². The van der Waals surface area contributed by atoms with E-state index in [-0.39, 0.29) is 0 Å². The van der Waals surface area contributed by atoms with Crippen molar-refractivity contribution in [1.29, 1.82) is 0 Å². The predicted molar refractivity (Wildman–Crippen MR) is 44.9 cm³/mol. The Morgan fingerprint density at radius 3 is 2.47 bits per heavy atom. The van der Waals surface area contributed by atoms with Crippen LogP contribution in [-0.2, 0) is 0 Å². The molecule has 0 heterocycles. The van der Waals surface area contributed by atoms with Crippen LogP contribution < -0.4 is 4.74 Å². The van der Waals surface area contributed by atoms with E-state index in [1.807, 2.05) is 0 Å². The van der Waals surface area contributed by atoms with E-state index in [4.69, 9.17) is 5.11 Å². The minimum Gasteiger partial charge on any atom is -0.493 e. The standard InChI is InChI=1S/C9H7F3O3/c1-15-7-5(10)3-2-4(9(13)14)6(7)8(11)12/h2-3,8H,1H3,(H,13,14). The maximum absolute atomic E-state index is 13.0. The number of ether oxygens (including phenoxy) is 1. The SMILES string of the molecule is COc1c(F)ccc(C(=O)O)c1C(F)F. The van der Waals surface area contributed by atoms with E-state index in [0.29, 0.717) is 0 Å². The quantitative estimate of drug-likeness (QED) is 0.851. The molecular weight excluding hydrogens is 213 g/mol. The third-order valence-corrected chi connectivity index (χ3v) is 1.80. The summed E-state index contributed by atoms with van der Waals surface area (Å²) in [5, 5.41) is 8.61. The van der Waals surface area contributed by atoms with Crippen molar-refractivity contribution in [3.8, 4) is 5.75 Å². The first-order chi connectivity index (χ1) is 6.99. The van der Waals surface area contributed by atoms with Crippen molar-refractivity contribution < 1.29 is 27.8 Å². The summed E-state index contributed by atoms with van der Waals surface area (Å²) in [4.78, 5) is 10.6. The molecule has 1 aromatic carbocycles. The second-order valence-electron chi connectivity index (χ2n) is 2.65. The Balaban J connectivity index is 3.49. The van der Waals surface area contributed by atoms with Gasteiger partial charge in [0, 0.05) is 0 Å². The minimum atomic E-state index is -3.11. The van der Waals surface area contributed by atoms with Crippen molar-refractivity contribution in [2.45, 2.75) is 6.43 Å². The molecule has 1 N–H and O–H groups in total. The second-order valence-corrected chi connectivity index (χ2v) is 2.65. The average Bonchev–Trinajstić information content (AvgIpc) is 2.16. The molecule has 1 rings (SSSR count). The fourth-order valence-corrected chi connectivity index (χ4v) is 1.18. The Kier molecular flexibility index (Phi) is 3.18. The van der Waals surface area contributed by atoms with Gasteiger partial charge in [0.1, 0.15) is 0 Å². The molecular formula is C9H7F3O3. The van der Waals surface area contributed by atoms with E-state index in [2.05, 4.69) is 4.74 Å². The molecule has 0 bridgehead atoms. The van der Waals surface area contributed by atoms with Gasteiger partial charge in [-0.25, -0.2) is 18.0 Å². The molecule has 15 heavy (non-hydrogen) atoms. The summed E-state index contributed by atoms with van der Waals surface area (Å²) in [6.45, 7) is 0. The van der Waals surface area contributed by atoms with Crippen LogP contribution >= 0.6 is 0 Å². The van der Waals surface area contributed by atoms with Gasteiger partial charge in [0.25, 0.3) is 6.43 Å². The molecule has 0 atom stereocenters. The van der Waals surface area contributed by atoms with Crippen molar-refractivity contribution in [3.63, 3.8) is 0 Å². The number of alkyl halides is 2. The first kappa shape index (κ1) is 11.4. The molecule has 0 radical (unpaired) electrons. The highest BCUT2D eigenvalue weighted by Crippen LogP contribution is 2.34. The van der Waals surface area contributed by atoms with Crippen molar-refractivity contribution in [3.05, 3.63) is 29.1 Å². The first-order valence-corrected chi connectivity index (χ1v) is 3.86. The number of benzene rings is 1. The molecule has 1 aromatic rings. The highest BCUT2D eigenvalue weighted by Gasteiger charge is 2.25. The monoisotopic (exact) mass is 220 g/mol. The van der Waals surface area contributed by atoms with Gasteiger partial charge in [-0.2, -0.15) is 0 Å². The zero-order valence-electron chi connectivity index (χ0n) is 7.63. The Morgan fingerprint density at radius 2 is 2.07 bits per heavy atom. The van der Waals surface area contributed by atoms with E-state index in [1.165, 1.54) is 0 Å². The van der Waals surface area contributed by atoms with Gasteiger partial charge in [0.2, 0.25) is 0 Å². The van der Waals surface area contributed by atoms with Gasteiger partial charge in [0.05, 0.1) is 18.2 Å². The molecule has 82 valence electrons. The summed E-state index contributed by atoms with van der Waals surface area (Å²) in [6.07, 6.45) is -3.11. The van der Waals surface area contributed by atoms with Crippen LogP contribution in [-0.4, -0.2) is 18.2 Å². The van der Waals surface area contributed by atoms with E-state index in [1.54, 1.807) is 0 Å². The molecule has 0 saturated heterocycles. The van der Waals surface area contributed by atoms with E-state index in [9.17, 15) is 18.0 Å². The van der Waals surface area contributed by atoms with Crippen LogP contribution in [0.1, 0.15) is 22.3 Å². The Bertz CT molecular complexity index is 390. The average molecular weight is 220 g/mol. The number of carbonyl (C=O) groups is 1. The first-order valence-electron chi connectivity index (χ1n) is 3.86. The van der Waals surface area contributed by atoms with Gasteiger partial charge < -0.3 is 9.84 Å². The summed E-state index contributed by atoms with van der Waals surface area (Å²) < 4.78 is 42.4. The van der Waals surface area contributed by atoms with Gasteiger partial charge in [-0.05, 0) is 12.1 Å². The Hall–Kier alpha value is -1.72. The molecule has 0 fully saturated rings. The molecule has 0 unspecified atom stereocenters. The molecule has 0 spiro atoms. The predicted octanol–water partition coefficient (Wildman–Crippen LogP) is 2.47. The molecule has 0 aromatic heterocycles. The zero-order valence-corrected chi connectivity index (χ0v) is 7.63. The zero-order chi connectivity index (χ0) is 11.6. The maximum Gasteiger partial charge on any atom is 0.336 e. The molecule has 0 aliphatic carbocycles. The lowest BCUT2D eigenvalue weighted by atomic mass is 10.1. The Labute approximate surface area is 83.1 Å². The van der Waals surface area contributed by atoms with Crippen LogP contribution in [0.25, 0.3) is 0 Å². The number of methoxy groups -OCH3 is 1. The number of hydrogen-bond donors (Lipinski definition) is 1. The van der Waals surface area contributed by atoms with Crippen molar-refractivity contribution in [2.24, 2.45) is 0 Å². The third kappa shape index (κ3) is 2.03. The van der Waals surface area contributed by atoms with Gasteiger partial charge in [0.15, 0.2) is 11.6 Å². The summed E-state index contributed by atoms with van der Waals surface area (Å²) in [6, 6.07) is 1.55. The topological polar surface area (TPSA) is 46.5 Å². The minimum absolute atomic E-state index is 0.664. The molecule has 0 aliphatic rings. The molecule has 3 nitrogen and oxygen atoms in total. The fraction of sp³-hybridized carbons (Fsp3) is 0.222. The molecule has 6 heteroatoms. The highest BCUT2D eigenvalue weighted by atomic mass is 19.3. The number of aromatic carboxylic acids is 1. The summed E-state index contributed by atoms with van der Waals surface area (Å²) in [5.74, 6) is -3.30. The highest BCUT2D eigenvalue weighted by molar-refractivity contribution is 5.90. The van der Waals surface area contributed by atoms with Crippen LogP contribution in [0.2, 0.25) is 0 Å². The van der Waals surface area contributed by atoms with Crippen LogP contribution in [0, 0.1) is 5.82 Å². The number of halogens is 3. The van der Waals surface area contributed by atoms with Crippen molar-refractivity contribution >= 4 is 5.97 Å². The fourth-order valence-electron chi connectivity index (χ4n) is 1.18. The smallest absolute Gasteiger partial charge is 0.336 e. The summed E-state index contributed by atoms with van der Waals surface area (Å²) in [7, 11) is 0.996. The van der Waals surface area contributed by atoms with Gasteiger partial charge in [-0.1, -0.05) is 0 Å². The lowest BCUT2D eigenvalue weighted by Gasteiger charge is -2.11. The van der Waals surface area contributed by atoms with Crippen molar-refractivity contribution in [1.82, 2.24) is 0 Å². The van der Waals surface area contributed by atoms with E-state index >= 15 is 0 Å². The van der Waals surface area contributed by atoms with Gasteiger partial charge in [-0.3, -0.25) is 0 Å². The lowest BCUT2D eigenvalue weighted by molar-refractivity contribution is 0.0682. The van der Waals surface area contributed by atoms with E-state index in [0.717, 1.165) is 19.2 Å². The number of carboxylic acid groups (broad SMARTS) is 1. The Morgan fingerprint density at radius 1 is 1.47 bits per heavy atom. The second kappa shape index (κ2) is 4.20. The van der Waals surface area contributed by atoms with Crippen LogP contribution in [0.5, 0.6) is 5.75 Å². The maximum atomic E-state index is 13.0. The van der Waals surface area contributed by atoms with E-state index < -0.39 is 35.1 Å². The van der Waals surface area contributed by atoms with Gasteiger partial charge in [-0.15, -0.1) is 0 Å². The molecule has 0 amide bonds. The van der Waals surface area contributed by atoms with Crippen LogP contribution in [0.15, 0.2) is 12.1 Å².